The van der Waals surface area contributed by atoms with Gasteiger partial charge in [-0.15, -0.1) is 0 Å². The lowest BCUT2D eigenvalue weighted by Gasteiger charge is -2.32. The molecule has 2 N–H and O–H groups in total. The second kappa shape index (κ2) is 5.41. The molecule has 1 aliphatic rings. The number of primary amides is 1. The summed E-state index contributed by atoms with van der Waals surface area (Å²) in [6.07, 6.45) is 1.14. The van der Waals surface area contributed by atoms with Gasteiger partial charge in [-0.3, -0.25) is 4.79 Å². The van der Waals surface area contributed by atoms with E-state index < -0.39 is 22.0 Å². The normalized spacial score (nSPS) is 21.2. The van der Waals surface area contributed by atoms with E-state index >= 15 is 0 Å². The zero-order chi connectivity index (χ0) is 14.0. The van der Waals surface area contributed by atoms with Crippen LogP contribution >= 0.6 is 11.6 Å². The summed E-state index contributed by atoms with van der Waals surface area (Å²) in [6.45, 7) is 0.234. The van der Waals surface area contributed by atoms with E-state index in [1.165, 1.54) is 12.1 Å². The fourth-order valence-electron chi connectivity index (χ4n) is 1.75. The largest absolute Gasteiger partial charge is 0.378 e. The van der Waals surface area contributed by atoms with Crippen LogP contribution in [0.25, 0.3) is 0 Å². The average Bonchev–Trinajstić information content (AvgIpc) is 2.39. The Morgan fingerprint density at radius 2 is 2.26 bits per heavy atom. The van der Waals surface area contributed by atoms with Crippen LogP contribution in [0.3, 0.4) is 0 Å². The predicted octanol–water partition coefficient (Wildman–Crippen LogP) is -0.390. The number of halogens is 1. The smallest absolute Gasteiger partial charge is 0.245 e. The monoisotopic (exact) mass is 305 g/mol. The van der Waals surface area contributed by atoms with Crippen LogP contribution in [-0.2, 0) is 19.6 Å². The van der Waals surface area contributed by atoms with Gasteiger partial charge in [0.1, 0.15) is 16.1 Å². The van der Waals surface area contributed by atoms with E-state index in [9.17, 15) is 13.2 Å². The first-order chi connectivity index (χ1) is 8.93. The van der Waals surface area contributed by atoms with E-state index in [1.54, 1.807) is 0 Å². The van der Waals surface area contributed by atoms with Crippen molar-refractivity contribution in [2.45, 2.75) is 10.9 Å². The highest BCUT2D eigenvalue weighted by atomic mass is 35.5. The Hall–Kier alpha value is -1.22. The van der Waals surface area contributed by atoms with Crippen molar-refractivity contribution < 1.29 is 17.9 Å². The maximum Gasteiger partial charge on any atom is 0.245 e. The summed E-state index contributed by atoms with van der Waals surface area (Å²) in [6, 6.07) is 1.70. The van der Waals surface area contributed by atoms with Gasteiger partial charge in [0.25, 0.3) is 0 Å². The lowest BCUT2D eigenvalue weighted by Crippen LogP contribution is -2.54. The minimum Gasteiger partial charge on any atom is -0.378 e. The van der Waals surface area contributed by atoms with Gasteiger partial charge in [-0.05, 0) is 12.1 Å². The molecule has 104 valence electrons. The van der Waals surface area contributed by atoms with Crippen molar-refractivity contribution in [3.05, 3.63) is 23.5 Å². The van der Waals surface area contributed by atoms with E-state index in [4.69, 9.17) is 22.1 Å². The number of aromatic nitrogens is 1. The van der Waals surface area contributed by atoms with Crippen LogP contribution in [0.4, 0.5) is 0 Å². The standard InChI is InChI=1S/C10H12ClN3O4S/c11-9-2-1-7(5-13-9)19(16,17)14-3-4-18-6-8(14)10(12)15/h1-2,5,8H,3-4,6H2,(H2,12,15). The average molecular weight is 306 g/mol. The van der Waals surface area contributed by atoms with Crippen LogP contribution in [0.1, 0.15) is 0 Å². The number of nitrogens with zero attached hydrogens (tertiary/aromatic N) is 2. The molecule has 1 atom stereocenters. The van der Waals surface area contributed by atoms with E-state index in [0.29, 0.717) is 0 Å². The summed E-state index contributed by atoms with van der Waals surface area (Å²) in [5.41, 5.74) is 5.19. The number of ether oxygens (including phenoxy) is 1. The first kappa shape index (κ1) is 14.2. The third-order valence-electron chi connectivity index (χ3n) is 2.71. The number of morpholine rings is 1. The first-order valence-electron chi connectivity index (χ1n) is 5.43. The minimum atomic E-state index is -3.84. The number of pyridine rings is 1. The summed E-state index contributed by atoms with van der Waals surface area (Å²) >= 11 is 5.61. The second-order valence-electron chi connectivity index (χ2n) is 3.93. The van der Waals surface area contributed by atoms with Gasteiger partial charge in [0.15, 0.2) is 0 Å². The van der Waals surface area contributed by atoms with E-state index in [1.807, 2.05) is 0 Å². The molecular formula is C10H12ClN3O4S. The fraction of sp³-hybridized carbons (Fsp3) is 0.400. The molecule has 2 heterocycles. The molecule has 0 radical (unpaired) electrons. The molecule has 1 aromatic heterocycles. The predicted molar refractivity (Wildman–Crippen MR) is 66.9 cm³/mol. The van der Waals surface area contributed by atoms with Crippen LogP contribution in [0.2, 0.25) is 5.15 Å². The molecule has 1 fully saturated rings. The molecule has 9 heteroatoms. The molecule has 1 unspecified atom stereocenters. The Morgan fingerprint density at radius 1 is 1.53 bits per heavy atom. The fourth-order valence-corrected chi connectivity index (χ4v) is 3.37. The van der Waals surface area contributed by atoms with Crippen molar-refractivity contribution in [2.24, 2.45) is 5.73 Å². The molecule has 19 heavy (non-hydrogen) atoms. The van der Waals surface area contributed by atoms with Crippen molar-refractivity contribution in [1.82, 2.24) is 9.29 Å². The number of nitrogens with two attached hydrogens (primary N) is 1. The van der Waals surface area contributed by atoms with E-state index in [-0.39, 0.29) is 29.8 Å². The number of rotatable bonds is 3. The first-order valence-corrected chi connectivity index (χ1v) is 7.25. The van der Waals surface area contributed by atoms with Crippen LogP contribution in [-0.4, -0.2) is 49.4 Å². The Balaban J connectivity index is 2.37. The van der Waals surface area contributed by atoms with Crippen molar-refractivity contribution in [2.75, 3.05) is 19.8 Å². The Morgan fingerprint density at radius 3 is 2.84 bits per heavy atom. The SMILES string of the molecule is NC(=O)C1COCCN1S(=O)(=O)c1ccc(Cl)nc1. The molecule has 7 nitrogen and oxygen atoms in total. The van der Waals surface area contributed by atoms with Crippen LogP contribution in [0.15, 0.2) is 23.2 Å². The van der Waals surface area contributed by atoms with Gasteiger partial charge in [-0.1, -0.05) is 11.6 Å². The van der Waals surface area contributed by atoms with Crippen LogP contribution in [0.5, 0.6) is 0 Å². The molecular weight excluding hydrogens is 294 g/mol. The quantitative estimate of drug-likeness (QED) is 0.766. The zero-order valence-electron chi connectivity index (χ0n) is 9.82. The third-order valence-corrected chi connectivity index (χ3v) is 4.83. The van der Waals surface area contributed by atoms with Crippen LogP contribution < -0.4 is 5.73 Å². The molecule has 2 rings (SSSR count). The lowest BCUT2D eigenvalue weighted by molar-refractivity contribution is -0.125. The molecule has 0 saturated carbocycles. The van der Waals surface area contributed by atoms with Crippen molar-refractivity contribution in [3.8, 4) is 0 Å². The van der Waals surface area contributed by atoms with Crippen LogP contribution in [0, 0.1) is 0 Å². The third kappa shape index (κ3) is 2.86. The van der Waals surface area contributed by atoms with E-state index in [0.717, 1.165) is 10.5 Å². The van der Waals surface area contributed by atoms with Crippen molar-refractivity contribution in [3.63, 3.8) is 0 Å². The van der Waals surface area contributed by atoms with Gasteiger partial charge >= 0.3 is 0 Å². The molecule has 1 saturated heterocycles. The number of hydrogen-bond acceptors (Lipinski definition) is 5. The molecule has 1 aromatic rings. The molecule has 0 aliphatic carbocycles. The number of carbonyl (C=O) groups excluding carboxylic acids is 1. The number of carbonyl (C=O) groups is 1. The number of sulfonamides is 1. The summed E-state index contributed by atoms with van der Waals surface area (Å²) in [5, 5.41) is 0.187. The highest BCUT2D eigenvalue weighted by Crippen LogP contribution is 2.20. The highest BCUT2D eigenvalue weighted by Gasteiger charge is 2.37. The molecule has 0 spiro atoms. The van der Waals surface area contributed by atoms with Crippen molar-refractivity contribution in [1.29, 1.82) is 0 Å². The lowest BCUT2D eigenvalue weighted by atomic mass is 10.3. The maximum absolute atomic E-state index is 12.4. The molecule has 1 aliphatic heterocycles. The van der Waals surface area contributed by atoms with Gasteiger partial charge in [0.05, 0.1) is 13.2 Å². The van der Waals surface area contributed by atoms with Gasteiger partial charge in [0, 0.05) is 12.7 Å². The molecule has 1 amide bonds. The topological polar surface area (TPSA) is 103 Å². The van der Waals surface area contributed by atoms with Gasteiger partial charge < -0.3 is 10.5 Å². The van der Waals surface area contributed by atoms with E-state index in [2.05, 4.69) is 4.98 Å². The van der Waals surface area contributed by atoms with Gasteiger partial charge in [-0.2, -0.15) is 4.31 Å². The van der Waals surface area contributed by atoms with Gasteiger partial charge in [0.2, 0.25) is 15.9 Å². The highest BCUT2D eigenvalue weighted by molar-refractivity contribution is 7.89. The summed E-state index contributed by atoms with van der Waals surface area (Å²) in [5.74, 6) is -0.745. The zero-order valence-corrected chi connectivity index (χ0v) is 11.4. The van der Waals surface area contributed by atoms with Crippen molar-refractivity contribution >= 4 is 27.5 Å². The summed E-state index contributed by atoms with van der Waals surface area (Å²) in [7, 11) is -3.84. The molecule has 0 bridgehead atoms. The Kier molecular flexibility index (Phi) is 4.04. The maximum atomic E-state index is 12.4. The molecule has 0 aromatic carbocycles. The second-order valence-corrected chi connectivity index (χ2v) is 6.20. The van der Waals surface area contributed by atoms with Gasteiger partial charge in [-0.25, -0.2) is 13.4 Å². The number of hydrogen-bond donors (Lipinski definition) is 1. The Bertz CT molecular complexity index is 575. The Labute approximate surface area is 115 Å². The number of amides is 1. The summed E-state index contributed by atoms with van der Waals surface area (Å²) in [4.78, 5) is 15.0. The minimum absolute atomic E-state index is 0.0370. The summed E-state index contributed by atoms with van der Waals surface area (Å²) < 4.78 is 30.9.